The number of nitrogens with one attached hydrogen (secondary N) is 2. The summed E-state index contributed by atoms with van der Waals surface area (Å²) in [4.78, 5) is 13.6. The number of hydrogen-bond acceptors (Lipinski definition) is 4. The van der Waals surface area contributed by atoms with Crippen LogP contribution in [0.15, 0.2) is 23.3 Å². The maximum absolute atomic E-state index is 6.27. The molecular weight excluding hydrogens is 475 g/mol. The van der Waals surface area contributed by atoms with E-state index >= 15 is 0 Å². The SMILES string of the molecule is CN=C(NCC(C)CN1CCCC1)NC1CCN(c2ncccc2Cl)C1.I. The van der Waals surface area contributed by atoms with Crippen molar-refractivity contribution in [3.8, 4) is 0 Å². The molecule has 3 rings (SSSR count). The first-order chi connectivity index (χ1) is 12.7. The Morgan fingerprint density at radius 3 is 2.85 bits per heavy atom. The summed E-state index contributed by atoms with van der Waals surface area (Å²) < 4.78 is 0. The van der Waals surface area contributed by atoms with Crippen molar-refractivity contribution < 1.29 is 0 Å². The number of nitrogens with zero attached hydrogens (tertiary/aromatic N) is 4. The predicted octanol–water partition coefficient (Wildman–Crippen LogP) is 2.83. The molecule has 1 aromatic heterocycles. The van der Waals surface area contributed by atoms with E-state index in [-0.39, 0.29) is 24.0 Å². The highest BCUT2D eigenvalue weighted by Gasteiger charge is 2.25. The van der Waals surface area contributed by atoms with Crippen LogP contribution in [0.4, 0.5) is 5.82 Å². The second-order valence-corrected chi connectivity index (χ2v) is 7.86. The summed E-state index contributed by atoms with van der Waals surface area (Å²) >= 11 is 6.27. The Balaban J connectivity index is 0.00000261. The number of aliphatic imine (C=N–C) groups is 1. The lowest BCUT2D eigenvalue weighted by atomic mass is 10.1. The summed E-state index contributed by atoms with van der Waals surface area (Å²) in [5.74, 6) is 2.37. The molecule has 8 heteroatoms. The zero-order chi connectivity index (χ0) is 18.4. The first-order valence-electron chi connectivity index (χ1n) is 9.70. The Morgan fingerprint density at radius 1 is 1.37 bits per heavy atom. The fourth-order valence-electron chi connectivity index (χ4n) is 3.81. The predicted molar refractivity (Wildman–Crippen MR) is 125 cm³/mol. The quantitative estimate of drug-likeness (QED) is 0.353. The summed E-state index contributed by atoms with van der Waals surface area (Å²) in [6, 6.07) is 4.12. The molecule has 0 saturated carbocycles. The fourth-order valence-corrected chi connectivity index (χ4v) is 4.05. The van der Waals surface area contributed by atoms with E-state index in [0.717, 1.165) is 37.8 Å². The maximum atomic E-state index is 6.27. The second-order valence-electron chi connectivity index (χ2n) is 7.45. The summed E-state index contributed by atoms with van der Waals surface area (Å²) in [5.41, 5.74) is 0. The Hall–Kier alpha value is -0.800. The highest BCUT2D eigenvalue weighted by Crippen LogP contribution is 2.25. The Morgan fingerprint density at radius 2 is 2.15 bits per heavy atom. The smallest absolute Gasteiger partial charge is 0.191 e. The molecule has 6 nitrogen and oxygen atoms in total. The van der Waals surface area contributed by atoms with Gasteiger partial charge in [0.25, 0.3) is 0 Å². The van der Waals surface area contributed by atoms with E-state index in [1.54, 1.807) is 6.20 Å². The lowest BCUT2D eigenvalue weighted by molar-refractivity contribution is 0.287. The molecule has 3 heterocycles. The van der Waals surface area contributed by atoms with Crippen molar-refractivity contribution in [3.63, 3.8) is 0 Å². The highest BCUT2D eigenvalue weighted by atomic mass is 127. The molecule has 0 bridgehead atoms. The molecule has 2 fully saturated rings. The molecule has 152 valence electrons. The molecule has 2 N–H and O–H groups in total. The minimum absolute atomic E-state index is 0. The molecule has 0 spiro atoms. The molecule has 0 amide bonds. The standard InChI is InChI=1S/C19H31ClN6.HI/c1-15(13-25-9-3-4-10-25)12-23-19(21-2)24-16-7-11-26(14-16)18-17(20)6-5-8-22-18;/h5-6,8,15-16H,3-4,7,9-14H2,1-2H3,(H2,21,23,24);1H. The molecule has 27 heavy (non-hydrogen) atoms. The summed E-state index contributed by atoms with van der Waals surface area (Å²) in [7, 11) is 1.84. The van der Waals surface area contributed by atoms with E-state index in [1.165, 1.54) is 32.5 Å². The molecule has 2 aliphatic heterocycles. The van der Waals surface area contributed by atoms with Crippen molar-refractivity contribution in [2.75, 3.05) is 51.2 Å². The van der Waals surface area contributed by atoms with Gasteiger partial charge in [-0.05, 0) is 50.4 Å². The largest absolute Gasteiger partial charge is 0.356 e. The van der Waals surface area contributed by atoms with Gasteiger partial charge < -0.3 is 20.4 Å². The lowest BCUT2D eigenvalue weighted by Crippen LogP contribution is -2.46. The molecular formula is C19H32ClIN6. The molecule has 2 aliphatic rings. The number of likely N-dealkylation sites (tertiary alicyclic amines) is 1. The van der Waals surface area contributed by atoms with Crippen LogP contribution in [0.3, 0.4) is 0 Å². The third-order valence-electron chi connectivity index (χ3n) is 5.18. The fraction of sp³-hybridized carbons (Fsp3) is 0.684. The van der Waals surface area contributed by atoms with Crippen LogP contribution in [0.2, 0.25) is 5.02 Å². The van der Waals surface area contributed by atoms with Gasteiger partial charge in [0.05, 0.1) is 5.02 Å². The number of guanidine groups is 1. The Labute approximate surface area is 185 Å². The van der Waals surface area contributed by atoms with E-state index in [4.69, 9.17) is 11.6 Å². The summed E-state index contributed by atoms with van der Waals surface area (Å²) in [6.07, 6.45) is 5.55. The van der Waals surface area contributed by atoms with Crippen molar-refractivity contribution in [1.82, 2.24) is 20.5 Å². The molecule has 0 aliphatic carbocycles. The average molecular weight is 507 g/mol. The second kappa shape index (κ2) is 11.3. The number of rotatable bonds is 6. The third-order valence-corrected chi connectivity index (χ3v) is 5.47. The number of halogens is 2. The average Bonchev–Trinajstić information content (AvgIpc) is 3.31. The maximum Gasteiger partial charge on any atom is 0.191 e. The number of pyridine rings is 1. The van der Waals surface area contributed by atoms with Crippen molar-refractivity contribution in [1.29, 1.82) is 0 Å². The van der Waals surface area contributed by atoms with Gasteiger partial charge >= 0.3 is 0 Å². The normalized spacial score (nSPS) is 21.8. The van der Waals surface area contributed by atoms with E-state index in [9.17, 15) is 0 Å². The van der Waals surface area contributed by atoms with E-state index in [2.05, 4.69) is 37.3 Å². The molecule has 2 saturated heterocycles. The number of hydrogen-bond donors (Lipinski definition) is 2. The van der Waals surface area contributed by atoms with Crippen LogP contribution in [-0.4, -0.2) is 68.2 Å². The minimum atomic E-state index is 0. The Kier molecular flexibility index (Phi) is 9.38. The molecule has 1 aromatic rings. The van der Waals surface area contributed by atoms with Crippen molar-refractivity contribution in [2.24, 2.45) is 10.9 Å². The summed E-state index contributed by atoms with van der Waals surface area (Å²) in [6.45, 7) is 8.77. The molecule has 2 unspecified atom stereocenters. The van der Waals surface area contributed by atoms with Crippen LogP contribution < -0.4 is 15.5 Å². The Bertz CT molecular complexity index is 608. The van der Waals surface area contributed by atoms with Gasteiger partial charge in [-0.2, -0.15) is 0 Å². The van der Waals surface area contributed by atoms with Gasteiger partial charge in [0.1, 0.15) is 5.82 Å². The topological polar surface area (TPSA) is 55.8 Å². The number of anilines is 1. The monoisotopic (exact) mass is 506 g/mol. The highest BCUT2D eigenvalue weighted by molar-refractivity contribution is 14.0. The molecule has 0 aromatic carbocycles. The van der Waals surface area contributed by atoms with Gasteiger partial charge in [-0.15, -0.1) is 24.0 Å². The third kappa shape index (κ3) is 6.64. The lowest BCUT2D eigenvalue weighted by Gasteiger charge is -2.23. The van der Waals surface area contributed by atoms with E-state index in [1.807, 2.05) is 19.2 Å². The van der Waals surface area contributed by atoms with Crippen LogP contribution >= 0.6 is 35.6 Å². The van der Waals surface area contributed by atoms with Crippen LogP contribution in [0.1, 0.15) is 26.2 Å². The van der Waals surface area contributed by atoms with Crippen molar-refractivity contribution in [2.45, 2.75) is 32.2 Å². The van der Waals surface area contributed by atoms with Gasteiger partial charge in [0.2, 0.25) is 0 Å². The van der Waals surface area contributed by atoms with E-state index in [0.29, 0.717) is 17.0 Å². The van der Waals surface area contributed by atoms with Gasteiger partial charge in [-0.25, -0.2) is 4.98 Å². The van der Waals surface area contributed by atoms with Crippen LogP contribution in [0, 0.1) is 5.92 Å². The van der Waals surface area contributed by atoms with Gasteiger partial charge in [-0.1, -0.05) is 18.5 Å². The van der Waals surface area contributed by atoms with E-state index < -0.39 is 0 Å². The zero-order valence-electron chi connectivity index (χ0n) is 16.3. The van der Waals surface area contributed by atoms with Crippen LogP contribution in [0.5, 0.6) is 0 Å². The minimum Gasteiger partial charge on any atom is -0.356 e. The van der Waals surface area contributed by atoms with Crippen LogP contribution in [-0.2, 0) is 0 Å². The summed E-state index contributed by atoms with van der Waals surface area (Å²) in [5, 5.41) is 7.75. The number of aromatic nitrogens is 1. The molecule has 0 radical (unpaired) electrons. The van der Waals surface area contributed by atoms with Gasteiger partial charge in [0.15, 0.2) is 5.96 Å². The van der Waals surface area contributed by atoms with Gasteiger partial charge in [0, 0.05) is 45.5 Å². The van der Waals surface area contributed by atoms with Crippen LogP contribution in [0.25, 0.3) is 0 Å². The van der Waals surface area contributed by atoms with Gasteiger partial charge in [-0.3, -0.25) is 4.99 Å². The molecule has 2 atom stereocenters. The van der Waals surface area contributed by atoms with Crippen molar-refractivity contribution >= 4 is 47.4 Å². The zero-order valence-corrected chi connectivity index (χ0v) is 19.4. The first-order valence-corrected chi connectivity index (χ1v) is 10.1. The van der Waals surface area contributed by atoms with Crippen molar-refractivity contribution in [3.05, 3.63) is 23.4 Å². The first kappa shape index (κ1) is 22.5.